The fraction of sp³-hybridized carbons (Fsp3) is 0. The van der Waals surface area contributed by atoms with Crippen LogP contribution in [0, 0.1) is 0 Å². The summed E-state index contributed by atoms with van der Waals surface area (Å²) in [4.78, 5) is 10.3. The van der Waals surface area contributed by atoms with E-state index in [0.29, 0.717) is 0 Å². The molecular weight excluding hydrogens is 723 g/mol. The predicted molar refractivity (Wildman–Crippen MR) is 246 cm³/mol. The molecule has 0 aliphatic heterocycles. The molecule has 0 aliphatic carbocycles. The summed E-state index contributed by atoms with van der Waals surface area (Å²) in [7, 11) is 0. The molecule has 0 saturated carbocycles. The van der Waals surface area contributed by atoms with Crippen LogP contribution in [0.4, 0.5) is 0 Å². The molecule has 0 fully saturated rings. The Hall–Kier alpha value is -7.40. The van der Waals surface area contributed by atoms with Crippen molar-refractivity contribution < 1.29 is 0 Å². The van der Waals surface area contributed by atoms with Crippen LogP contribution in [0.25, 0.3) is 114 Å². The Bertz CT molecular complexity index is 3470. The smallest absolute Gasteiger partial charge is 0.124 e. The number of nitrogens with zero attached hydrogens (tertiary/aromatic N) is 3. The first kappa shape index (κ1) is 32.8. The van der Waals surface area contributed by atoms with Crippen LogP contribution in [-0.2, 0) is 0 Å². The van der Waals surface area contributed by atoms with Gasteiger partial charge in [0.2, 0.25) is 0 Å². The minimum atomic E-state index is 0.982. The van der Waals surface area contributed by atoms with Crippen LogP contribution >= 0.6 is 11.3 Å². The summed E-state index contributed by atoms with van der Waals surface area (Å²) in [6.45, 7) is 0. The van der Waals surface area contributed by atoms with Gasteiger partial charge in [-0.15, -0.1) is 11.3 Å². The standard InChI is InChI=1S/C54H33N3S/c1-2-13-42-36(10-1)28-30-45-52(42)46-33-40(39-11-9-12-41(32-39)57-49-17-6-3-14-43(49)44-15-4-7-18-50(44)57)29-31-47(46)55-53(45)37-24-20-34(21-25-37)35-22-26-38(27-23-35)54-56-48-16-5-8-19-51(48)58-54/h1-33H. The topological polar surface area (TPSA) is 30.7 Å². The maximum Gasteiger partial charge on any atom is 0.124 e. The number of fused-ring (bicyclic) bond motifs is 9. The molecule has 3 nitrogen and oxygen atoms in total. The van der Waals surface area contributed by atoms with Gasteiger partial charge >= 0.3 is 0 Å². The third kappa shape index (κ3) is 5.27. The zero-order chi connectivity index (χ0) is 38.2. The highest BCUT2D eigenvalue weighted by Crippen LogP contribution is 2.40. The van der Waals surface area contributed by atoms with E-state index in [9.17, 15) is 0 Å². The predicted octanol–water partition coefficient (Wildman–Crippen LogP) is 14.9. The molecule has 4 heteroatoms. The van der Waals surface area contributed by atoms with E-state index in [2.05, 4.69) is 199 Å². The van der Waals surface area contributed by atoms with Crippen LogP contribution in [0.2, 0.25) is 0 Å². The minimum absolute atomic E-state index is 0.982. The van der Waals surface area contributed by atoms with Gasteiger partial charge in [-0.2, -0.15) is 0 Å². The van der Waals surface area contributed by atoms with Crippen LogP contribution in [0.5, 0.6) is 0 Å². The Balaban J connectivity index is 0.951. The second-order valence-corrected chi connectivity index (χ2v) is 16.0. The quantitative estimate of drug-likeness (QED) is 0.164. The molecule has 0 spiro atoms. The van der Waals surface area contributed by atoms with Crippen LogP contribution in [0.3, 0.4) is 0 Å². The van der Waals surface area contributed by atoms with Gasteiger partial charge in [0.1, 0.15) is 5.01 Å². The number of aromatic nitrogens is 3. The summed E-state index contributed by atoms with van der Waals surface area (Å²) in [5, 5.41) is 9.55. The van der Waals surface area contributed by atoms with E-state index in [4.69, 9.17) is 9.97 Å². The number of hydrogen-bond acceptors (Lipinski definition) is 3. The first-order valence-electron chi connectivity index (χ1n) is 19.6. The average Bonchev–Trinajstić information content (AvgIpc) is 3.88. The molecule has 0 unspecified atom stereocenters. The van der Waals surface area contributed by atoms with Crippen molar-refractivity contribution in [2.45, 2.75) is 0 Å². The average molecular weight is 756 g/mol. The zero-order valence-corrected chi connectivity index (χ0v) is 32.1. The van der Waals surface area contributed by atoms with Gasteiger partial charge in [-0.3, -0.25) is 0 Å². The van der Waals surface area contributed by atoms with Gasteiger partial charge in [-0.1, -0.05) is 152 Å². The van der Waals surface area contributed by atoms with Gasteiger partial charge < -0.3 is 4.57 Å². The van der Waals surface area contributed by atoms with Gasteiger partial charge in [-0.05, 0) is 81.6 Å². The molecule has 0 saturated heterocycles. The highest BCUT2D eigenvalue weighted by Gasteiger charge is 2.16. The molecule has 0 N–H and O–H groups in total. The van der Waals surface area contributed by atoms with Gasteiger partial charge in [0.15, 0.2) is 0 Å². The molecule has 270 valence electrons. The molecule has 12 aromatic rings. The monoisotopic (exact) mass is 755 g/mol. The van der Waals surface area contributed by atoms with Crippen LogP contribution in [0.15, 0.2) is 200 Å². The Morgan fingerprint density at radius 3 is 1.74 bits per heavy atom. The summed E-state index contributed by atoms with van der Waals surface area (Å²) in [6, 6.07) is 72.2. The lowest BCUT2D eigenvalue weighted by Crippen LogP contribution is -1.94. The number of pyridine rings is 1. The number of para-hydroxylation sites is 3. The summed E-state index contributed by atoms with van der Waals surface area (Å²) >= 11 is 1.73. The Labute approximate surface area is 338 Å². The Morgan fingerprint density at radius 1 is 0.362 bits per heavy atom. The highest BCUT2D eigenvalue weighted by molar-refractivity contribution is 7.21. The second-order valence-electron chi connectivity index (χ2n) is 15.0. The van der Waals surface area contributed by atoms with E-state index in [-0.39, 0.29) is 0 Å². The van der Waals surface area contributed by atoms with Crippen LogP contribution in [-0.4, -0.2) is 14.5 Å². The SMILES string of the molecule is c1cc(-c2ccc3nc(-c4ccc(-c5ccc(-c6nc7ccccc7s6)cc5)cc4)c4ccc5ccccc5c4c3c2)cc(-n2c3ccccc3c3ccccc32)c1. The molecule has 12 rings (SSSR count). The first-order chi connectivity index (χ1) is 28.7. The van der Waals surface area contributed by atoms with Crippen LogP contribution in [0.1, 0.15) is 0 Å². The second kappa shape index (κ2) is 13.1. The van der Waals surface area contributed by atoms with Crippen molar-refractivity contribution in [2.75, 3.05) is 0 Å². The van der Waals surface area contributed by atoms with Crippen molar-refractivity contribution in [3.63, 3.8) is 0 Å². The molecule has 3 heterocycles. The third-order valence-electron chi connectivity index (χ3n) is 11.6. The number of rotatable bonds is 5. The molecule has 0 bridgehead atoms. The lowest BCUT2D eigenvalue weighted by atomic mass is 9.93. The summed E-state index contributed by atoms with van der Waals surface area (Å²) in [6.07, 6.45) is 0. The van der Waals surface area contributed by atoms with Crippen molar-refractivity contribution in [3.05, 3.63) is 200 Å². The van der Waals surface area contributed by atoms with Gasteiger partial charge in [0.25, 0.3) is 0 Å². The van der Waals surface area contributed by atoms with E-state index in [0.717, 1.165) is 54.9 Å². The van der Waals surface area contributed by atoms with Gasteiger partial charge in [0, 0.05) is 43.7 Å². The van der Waals surface area contributed by atoms with Crippen molar-refractivity contribution in [1.29, 1.82) is 0 Å². The largest absolute Gasteiger partial charge is 0.309 e. The summed E-state index contributed by atoms with van der Waals surface area (Å²) < 4.78 is 3.60. The number of hydrogen-bond donors (Lipinski definition) is 0. The molecule has 9 aromatic carbocycles. The molecule has 58 heavy (non-hydrogen) atoms. The van der Waals surface area contributed by atoms with Crippen molar-refractivity contribution in [2.24, 2.45) is 0 Å². The zero-order valence-electron chi connectivity index (χ0n) is 31.3. The molecular formula is C54H33N3S. The fourth-order valence-electron chi connectivity index (χ4n) is 8.82. The lowest BCUT2D eigenvalue weighted by molar-refractivity contribution is 1.18. The van der Waals surface area contributed by atoms with Crippen molar-refractivity contribution in [3.8, 4) is 49.8 Å². The first-order valence-corrected chi connectivity index (χ1v) is 20.5. The molecule has 0 atom stereocenters. The van der Waals surface area contributed by atoms with E-state index in [1.54, 1.807) is 11.3 Å². The van der Waals surface area contributed by atoms with E-state index in [1.165, 1.54) is 59.4 Å². The lowest BCUT2D eigenvalue weighted by Gasteiger charge is -2.15. The van der Waals surface area contributed by atoms with Crippen molar-refractivity contribution in [1.82, 2.24) is 14.5 Å². The number of benzene rings is 9. The maximum absolute atomic E-state index is 5.40. The molecule has 0 amide bonds. The van der Waals surface area contributed by atoms with E-state index >= 15 is 0 Å². The Morgan fingerprint density at radius 2 is 0.983 bits per heavy atom. The van der Waals surface area contributed by atoms with Crippen molar-refractivity contribution >= 4 is 75.8 Å². The normalized spacial score (nSPS) is 11.8. The maximum atomic E-state index is 5.40. The highest BCUT2D eigenvalue weighted by atomic mass is 32.1. The summed E-state index contributed by atoms with van der Waals surface area (Å²) in [5.74, 6) is 0. The van der Waals surface area contributed by atoms with Crippen LogP contribution < -0.4 is 0 Å². The molecule has 0 radical (unpaired) electrons. The molecule has 0 aliphatic rings. The minimum Gasteiger partial charge on any atom is -0.309 e. The van der Waals surface area contributed by atoms with E-state index in [1.807, 2.05) is 6.07 Å². The van der Waals surface area contributed by atoms with Gasteiger partial charge in [0.05, 0.1) is 32.5 Å². The number of thiazole rings is 1. The third-order valence-corrected chi connectivity index (χ3v) is 12.7. The fourth-order valence-corrected chi connectivity index (χ4v) is 9.79. The molecule has 3 aromatic heterocycles. The van der Waals surface area contributed by atoms with Gasteiger partial charge in [-0.25, -0.2) is 9.97 Å². The van der Waals surface area contributed by atoms with E-state index < -0.39 is 0 Å². The summed E-state index contributed by atoms with van der Waals surface area (Å²) in [5.41, 5.74) is 13.5. The Kier molecular flexibility index (Phi) is 7.40.